The molecule has 7 aliphatic heterocycles. The first-order valence-electron chi connectivity index (χ1n) is 36.9. The van der Waals surface area contributed by atoms with Crippen molar-refractivity contribution < 1.29 is 119 Å². The van der Waals surface area contributed by atoms with Gasteiger partial charge in [0.25, 0.3) is 0 Å². The van der Waals surface area contributed by atoms with E-state index in [2.05, 4.69) is 0 Å². The molecule has 680 valence electrons. The van der Waals surface area contributed by atoms with Crippen LogP contribution < -0.4 is 0 Å². The van der Waals surface area contributed by atoms with Gasteiger partial charge in [-0.15, -0.1) is 0 Å². The quantitative estimate of drug-likeness (QED) is 0.0807. The fourth-order valence-corrected chi connectivity index (χ4v) is 10.6. The van der Waals surface area contributed by atoms with E-state index in [1.165, 1.54) is 7.11 Å². The molecule has 0 aromatic carbocycles. The van der Waals surface area contributed by atoms with Crippen molar-refractivity contribution in [3.63, 3.8) is 0 Å². The molecular formula is C89H174O25. The van der Waals surface area contributed by atoms with E-state index in [-0.39, 0.29) is 195 Å². The Labute approximate surface area is 694 Å². The highest BCUT2D eigenvalue weighted by atomic mass is 16.7. The zero-order chi connectivity index (χ0) is 81.5. The second-order valence-corrected chi connectivity index (χ2v) is 35.3. The maximum Gasteiger partial charge on any atom is 0.351 e. The summed E-state index contributed by atoms with van der Waals surface area (Å²) in [5, 5.41) is 0. The van der Waals surface area contributed by atoms with Crippen molar-refractivity contribution in [2.24, 2.45) is 43.8 Å². The van der Waals surface area contributed by atoms with Gasteiger partial charge in [-0.1, -0.05) is 123 Å². The topological polar surface area (TPSA) is 325 Å². The predicted molar refractivity (Wildman–Crippen MR) is 454 cm³/mol. The van der Waals surface area contributed by atoms with Gasteiger partial charge in [0.2, 0.25) is 5.60 Å². The van der Waals surface area contributed by atoms with Crippen molar-refractivity contribution in [1.82, 2.24) is 0 Å². The van der Waals surface area contributed by atoms with Crippen LogP contribution in [0.25, 0.3) is 0 Å². The summed E-state index contributed by atoms with van der Waals surface area (Å²) in [6, 6.07) is 0. The van der Waals surface area contributed by atoms with Gasteiger partial charge in [0.05, 0.1) is 82.9 Å². The third-order valence-corrected chi connectivity index (χ3v) is 22.0. The summed E-state index contributed by atoms with van der Waals surface area (Å²) in [6.07, 6.45) is 7.84. The van der Waals surface area contributed by atoms with Crippen LogP contribution in [-0.2, 0) is 119 Å². The molecule has 0 spiro atoms. The molecule has 7 saturated heterocycles. The Morgan fingerprint density at radius 1 is 0.421 bits per heavy atom. The molecule has 8 unspecified atom stereocenters. The highest BCUT2D eigenvalue weighted by molar-refractivity contribution is 5.87. The number of carbonyl (C=O) groups excluding carboxylic acids is 12. The number of hydrogen-bond donors (Lipinski definition) is 0. The van der Waals surface area contributed by atoms with Gasteiger partial charge in [-0.3, -0.25) is 52.7 Å². The fourth-order valence-electron chi connectivity index (χ4n) is 10.6. The molecule has 7 heterocycles. The summed E-state index contributed by atoms with van der Waals surface area (Å²) >= 11 is 0. The summed E-state index contributed by atoms with van der Waals surface area (Å²) in [5.41, 5.74) is -9.34. The predicted octanol–water partition coefficient (Wildman–Crippen LogP) is 20.4. The molecule has 114 heavy (non-hydrogen) atoms. The average molecular weight is 1640 g/mol. The molecule has 8 atom stereocenters. The Morgan fingerprint density at radius 3 is 1.11 bits per heavy atom. The average Bonchev–Trinajstić information content (AvgIpc) is 1.61. The van der Waals surface area contributed by atoms with Crippen LogP contribution in [0, 0.1) is 43.8 Å². The largest absolute Gasteiger partial charge is 0.465 e. The molecule has 0 aliphatic carbocycles. The zero-order valence-corrected chi connectivity index (χ0v) is 69.6. The van der Waals surface area contributed by atoms with E-state index < -0.39 is 78.4 Å². The Bertz CT molecular complexity index is 3040. The molecule has 0 saturated carbocycles. The number of rotatable bonds is 20. The molecule has 25 heteroatoms. The van der Waals surface area contributed by atoms with Gasteiger partial charge < -0.3 is 61.6 Å². The maximum atomic E-state index is 12.2. The van der Waals surface area contributed by atoms with E-state index in [4.69, 9.17) is 61.6 Å². The lowest BCUT2D eigenvalue weighted by Crippen LogP contribution is -2.53. The first-order valence-corrected chi connectivity index (χ1v) is 36.9. The van der Waals surface area contributed by atoms with E-state index >= 15 is 0 Å². The number of hydrogen-bond acceptors (Lipinski definition) is 25. The lowest BCUT2D eigenvalue weighted by atomic mass is 9.81. The van der Waals surface area contributed by atoms with E-state index in [0.29, 0.717) is 51.7 Å². The van der Waals surface area contributed by atoms with Crippen molar-refractivity contribution in [2.45, 2.75) is 430 Å². The van der Waals surface area contributed by atoms with Gasteiger partial charge in [0, 0.05) is 20.0 Å². The minimum atomic E-state index is -1.15. The van der Waals surface area contributed by atoms with Gasteiger partial charge in [0.1, 0.15) is 29.0 Å². The molecule has 0 radical (unpaired) electrons. The fraction of sp³-hybridized carbons (Fsp3) is 0.865. The van der Waals surface area contributed by atoms with Gasteiger partial charge in [-0.05, 0) is 224 Å². The monoisotopic (exact) mass is 1640 g/mol. The number of esters is 12. The van der Waals surface area contributed by atoms with Crippen molar-refractivity contribution in [2.75, 3.05) is 33.5 Å². The zero-order valence-electron chi connectivity index (χ0n) is 69.6. The van der Waals surface area contributed by atoms with Gasteiger partial charge in [-0.25, -0.2) is 4.79 Å². The number of carbonyl (C=O) groups is 12. The van der Waals surface area contributed by atoms with Gasteiger partial charge >= 0.3 is 71.6 Å². The number of ether oxygens (including phenoxy) is 13. The normalized spacial score (nSPS) is 25.8. The summed E-state index contributed by atoms with van der Waals surface area (Å²) in [7, 11) is 1.52. The molecule has 0 amide bonds. The first-order chi connectivity index (χ1) is 46.9. The molecule has 7 rings (SSSR count). The van der Waals surface area contributed by atoms with E-state index in [9.17, 15) is 57.5 Å². The SMILES string of the molecule is C.C.C.C.C.C.C.C.C.C.CCC(C)(C)C(=O)OC1(C)CC(=O)OC1(C)C.CCC(C)(C)C(=O)OC1(C)CC(=O)OC1(C)COC.CCC(C)(C)C(=O)OC1(C)CC(C)(C)OC1=O.CCC(C)(C)C(=O)OC1CC(=O)OC1(C)C.CCC(C)(C)C(=O)OCC1CCOC1=O.CCC1(C)CC(C)(C)OC1=O.CCC1(C)CCOC1=O. The summed E-state index contributed by atoms with van der Waals surface area (Å²) in [4.78, 5) is 139. The summed E-state index contributed by atoms with van der Waals surface area (Å²) < 4.78 is 67.8. The number of cyclic esters (lactones) is 7. The van der Waals surface area contributed by atoms with Crippen LogP contribution in [0.2, 0.25) is 0 Å². The minimum absolute atomic E-state index is 0. The Hall–Kier alpha value is -6.40. The van der Waals surface area contributed by atoms with E-state index in [0.717, 1.165) is 32.1 Å². The van der Waals surface area contributed by atoms with Crippen LogP contribution in [0.3, 0.4) is 0 Å². The van der Waals surface area contributed by atoms with Crippen LogP contribution in [0.1, 0.15) is 379 Å². The molecular weight excluding hydrogens is 1470 g/mol. The molecule has 0 aromatic heterocycles. The van der Waals surface area contributed by atoms with Gasteiger partial charge in [-0.2, -0.15) is 0 Å². The van der Waals surface area contributed by atoms with Crippen LogP contribution in [0.15, 0.2) is 0 Å². The molecule has 7 fully saturated rings. The Balaban J connectivity index is -0.000000138. The van der Waals surface area contributed by atoms with Crippen LogP contribution in [0.4, 0.5) is 0 Å². The Morgan fingerprint density at radius 2 is 0.807 bits per heavy atom. The lowest BCUT2D eigenvalue weighted by Gasteiger charge is -2.38. The van der Waals surface area contributed by atoms with Crippen molar-refractivity contribution in [3.05, 3.63) is 0 Å². The molecule has 7 aliphatic rings. The summed E-state index contributed by atoms with van der Waals surface area (Å²) in [6.45, 7) is 58.7. The van der Waals surface area contributed by atoms with Crippen molar-refractivity contribution in [3.8, 4) is 0 Å². The molecule has 25 nitrogen and oxygen atoms in total. The lowest BCUT2D eigenvalue weighted by molar-refractivity contribution is -0.194. The van der Waals surface area contributed by atoms with Crippen LogP contribution in [-0.4, -0.2) is 156 Å². The molecule has 0 bridgehead atoms. The van der Waals surface area contributed by atoms with Crippen molar-refractivity contribution in [1.29, 1.82) is 0 Å². The highest BCUT2D eigenvalue weighted by Gasteiger charge is 2.60. The smallest absolute Gasteiger partial charge is 0.351 e. The van der Waals surface area contributed by atoms with Gasteiger partial charge in [0.15, 0.2) is 22.9 Å². The van der Waals surface area contributed by atoms with E-state index in [1.54, 1.807) is 55.4 Å². The Kier molecular flexibility index (Phi) is 54.6. The second kappa shape index (κ2) is 48.5. The first kappa shape index (κ1) is 128. The van der Waals surface area contributed by atoms with Crippen LogP contribution >= 0.6 is 0 Å². The summed E-state index contributed by atoms with van der Waals surface area (Å²) in [5.74, 6) is -3.50. The van der Waals surface area contributed by atoms with Crippen molar-refractivity contribution >= 4 is 71.6 Å². The minimum Gasteiger partial charge on any atom is -0.465 e. The third kappa shape index (κ3) is 34.7. The van der Waals surface area contributed by atoms with E-state index in [1.807, 2.05) is 159 Å². The highest BCUT2D eigenvalue weighted by Crippen LogP contribution is 2.45. The molecule has 0 aromatic rings. The standard InChI is InChI=1S/C14H24O5.2C13H22O4.C12H20O4.C11H18O4.C9H16O2.C7H12O2.10CH4/c1-7-12(2,3)11(16)19-13(4)8-10(15)18-14(13,5)9-17-6;1-7-11(2,3)9(14)17-13(6)8-12(4,5)16-10(13)15;1-7-11(2,3)10(15)17-13(6)8-9(14)16-12(13,4)5;1-6-11(2,3)10(14)15-8-7-9(13)16-12(8,4)5;1-4-11(2,3)10(13)15-7-8-5-6-14-9(8)12;1-5-9(4)6-8(2,3)11-7(9)10;1-3-7(2)4-5-9-6(7)8;;;;;;;;;;/h7-9H2,1-6H3;2*7-8H2,1-6H3;8H,6-7H2,1-5H3;8H,4-7H2,1-3H3;5-6H2,1-4H3;3-5H2,1-2H3;10*1H4. The van der Waals surface area contributed by atoms with Crippen LogP contribution in [0.5, 0.6) is 0 Å². The second-order valence-electron chi connectivity index (χ2n) is 35.3. The third-order valence-electron chi connectivity index (χ3n) is 22.0. The maximum absolute atomic E-state index is 12.2. The number of methoxy groups -OCH3 is 1. The molecule has 0 N–H and O–H groups in total.